The Kier molecular flexibility index (Phi) is 4.12. The van der Waals surface area contributed by atoms with E-state index in [9.17, 15) is 4.79 Å². The lowest BCUT2D eigenvalue weighted by Gasteiger charge is -2.23. The van der Waals surface area contributed by atoms with Gasteiger partial charge in [-0.05, 0) is 37.0 Å². The second-order valence-corrected chi connectivity index (χ2v) is 7.45. The van der Waals surface area contributed by atoms with E-state index in [1.165, 1.54) is 5.56 Å². The number of ether oxygens (including phenoxy) is 1. The van der Waals surface area contributed by atoms with Crippen molar-refractivity contribution < 1.29 is 9.53 Å². The van der Waals surface area contributed by atoms with Crippen molar-refractivity contribution >= 4 is 11.6 Å². The van der Waals surface area contributed by atoms with Crippen LogP contribution in [0.3, 0.4) is 0 Å². The number of fused-ring (bicyclic) bond motifs is 2. The van der Waals surface area contributed by atoms with Gasteiger partial charge < -0.3 is 4.74 Å². The first kappa shape index (κ1) is 17.6. The minimum absolute atomic E-state index is 0.0915. The number of hydrogen-bond acceptors (Lipinski definition) is 5. The zero-order valence-corrected chi connectivity index (χ0v) is 16.3. The Labute approximate surface area is 168 Å². The molecule has 0 N–H and O–H groups in total. The summed E-state index contributed by atoms with van der Waals surface area (Å²) in [7, 11) is 1.65. The molecule has 6 nitrogen and oxygen atoms in total. The predicted octanol–water partition coefficient (Wildman–Crippen LogP) is 4.02. The molecule has 0 saturated heterocycles. The minimum atomic E-state index is 0.0915. The fourth-order valence-electron chi connectivity index (χ4n) is 3.82. The van der Waals surface area contributed by atoms with Crippen molar-refractivity contribution in [1.29, 1.82) is 0 Å². The van der Waals surface area contributed by atoms with E-state index in [1.807, 2.05) is 55.5 Å². The third kappa shape index (κ3) is 3.16. The van der Waals surface area contributed by atoms with Crippen LogP contribution in [0.5, 0.6) is 5.75 Å². The maximum Gasteiger partial charge on any atom is 0.252 e. The van der Waals surface area contributed by atoms with E-state index in [0.717, 1.165) is 22.6 Å². The summed E-state index contributed by atoms with van der Waals surface area (Å²) in [5.74, 6) is 2.13. The number of carbonyl (C=O) groups is 1. The number of ketones is 1. The van der Waals surface area contributed by atoms with Gasteiger partial charge in [-0.15, -0.1) is 5.10 Å². The van der Waals surface area contributed by atoms with Gasteiger partial charge >= 0.3 is 0 Å². The molecular formula is C23H20N4O2. The second-order valence-electron chi connectivity index (χ2n) is 7.45. The lowest BCUT2D eigenvalue weighted by molar-refractivity contribution is 0.0962. The fourth-order valence-corrected chi connectivity index (χ4v) is 3.82. The van der Waals surface area contributed by atoms with Crippen LogP contribution in [0.4, 0.5) is 0 Å². The molecule has 0 bridgehead atoms. The smallest absolute Gasteiger partial charge is 0.252 e. The van der Waals surface area contributed by atoms with Crippen molar-refractivity contribution in [3.63, 3.8) is 0 Å². The summed E-state index contributed by atoms with van der Waals surface area (Å²) in [5.41, 5.74) is 4.66. The van der Waals surface area contributed by atoms with E-state index in [1.54, 1.807) is 17.8 Å². The normalized spacial score (nSPS) is 16.1. The highest BCUT2D eigenvalue weighted by molar-refractivity contribution is 5.98. The average Bonchev–Trinajstić information content (AvgIpc) is 3.16. The SMILES string of the molecule is COc1ccc([C@@H]2CC(=O)c3cn4nc(-c5ccc(C)cc5)nc4nc3C2)cc1. The highest BCUT2D eigenvalue weighted by atomic mass is 16.5. The first-order valence-electron chi connectivity index (χ1n) is 9.61. The number of nitrogens with zero attached hydrogens (tertiary/aromatic N) is 4. The Bertz CT molecular complexity index is 1210. The average molecular weight is 384 g/mol. The number of methoxy groups -OCH3 is 1. The lowest BCUT2D eigenvalue weighted by Crippen LogP contribution is -2.21. The Morgan fingerprint density at radius 3 is 2.48 bits per heavy atom. The Morgan fingerprint density at radius 2 is 1.76 bits per heavy atom. The molecular weight excluding hydrogens is 364 g/mol. The van der Waals surface area contributed by atoms with E-state index in [2.05, 4.69) is 15.1 Å². The minimum Gasteiger partial charge on any atom is -0.497 e. The van der Waals surface area contributed by atoms with Gasteiger partial charge in [-0.2, -0.15) is 4.98 Å². The van der Waals surface area contributed by atoms with Gasteiger partial charge in [0.1, 0.15) is 5.75 Å². The Morgan fingerprint density at radius 1 is 1.00 bits per heavy atom. The molecule has 0 fully saturated rings. The molecule has 4 aromatic rings. The monoisotopic (exact) mass is 384 g/mol. The summed E-state index contributed by atoms with van der Waals surface area (Å²) in [6, 6.07) is 15.9. The van der Waals surface area contributed by atoms with E-state index in [0.29, 0.717) is 30.0 Å². The van der Waals surface area contributed by atoms with Crippen LogP contribution in [-0.4, -0.2) is 32.5 Å². The zero-order chi connectivity index (χ0) is 20.0. The lowest BCUT2D eigenvalue weighted by atomic mass is 9.82. The van der Waals surface area contributed by atoms with Crippen LogP contribution in [-0.2, 0) is 6.42 Å². The Balaban J connectivity index is 1.51. The molecule has 1 aliphatic rings. The third-order valence-corrected chi connectivity index (χ3v) is 5.48. The highest BCUT2D eigenvalue weighted by Gasteiger charge is 2.28. The molecule has 1 atom stereocenters. The Hall–Kier alpha value is -3.54. The van der Waals surface area contributed by atoms with Crippen LogP contribution in [0.1, 0.15) is 39.5 Å². The summed E-state index contributed by atoms with van der Waals surface area (Å²) >= 11 is 0. The third-order valence-electron chi connectivity index (χ3n) is 5.48. The van der Waals surface area contributed by atoms with E-state index in [4.69, 9.17) is 4.74 Å². The van der Waals surface area contributed by atoms with Crippen molar-refractivity contribution in [1.82, 2.24) is 19.6 Å². The van der Waals surface area contributed by atoms with Gasteiger partial charge in [0, 0.05) is 18.2 Å². The van der Waals surface area contributed by atoms with Crippen molar-refractivity contribution in [3.05, 3.63) is 77.1 Å². The van der Waals surface area contributed by atoms with Crippen molar-refractivity contribution in [2.24, 2.45) is 0 Å². The van der Waals surface area contributed by atoms with Gasteiger partial charge in [-0.3, -0.25) is 4.79 Å². The molecule has 0 aliphatic heterocycles. The molecule has 0 saturated carbocycles. The first-order valence-corrected chi connectivity index (χ1v) is 9.61. The van der Waals surface area contributed by atoms with Crippen LogP contribution in [0.2, 0.25) is 0 Å². The van der Waals surface area contributed by atoms with Crippen LogP contribution >= 0.6 is 0 Å². The molecule has 0 radical (unpaired) electrons. The van der Waals surface area contributed by atoms with Gasteiger partial charge in [-0.25, -0.2) is 9.50 Å². The molecule has 0 unspecified atom stereocenters. The largest absolute Gasteiger partial charge is 0.497 e. The van der Waals surface area contributed by atoms with Gasteiger partial charge in [0.25, 0.3) is 5.78 Å². The quantitative estimate of drug-likeness (QED) is 0.534. The second kappa shape index (κ2) is 6.81. The molecule has 5 rings (SSSR count). The zero-order valence-electron chi connectivity index (χ0n) is 16.3. The maximum absolute atomic E-state index is 12.8. The van der Waals surface area contributed by atoms with E-state index >= 15 is 0 Å². The molecule has 144 valence electrons. The molecule has 1 aliphatic carbocycles. The van der Waals surface area contributed by atoms with E-state index in [-0.39, 0.29) is 11.7 Å². The van der Waals surface area contributed by atoms with Crippen LogP contribution in [0, 0.1) is 6.92 Å². The summed E-state index contributed by atoms with van der Waals surface area (Å²) in [6.45, 7) is 2.04. The van der Waals surface area contributed by atoms with Crippen LogP contribution < -0.4 is 4.74 Å². The van der Waals surface area contributed by atoms with Crippen molar-refractivity contribution in [3.8, 4) is 17.1 Å². The molecule has 2 aromatic carbocycles. The number of rotatable bonds is 3. The summed E-state index contributed by atoms with van der Waals surface area (Å²) in [5, 5.41) is 4.53. The fraction of sp³-hybridized carbons (Fsp3) is 0.217. The van der Waals surface area contributed by atoms with E-state index < -0.39 is 0 Å². The number of aromatic nitrogens is 4. The topological polar surface area (TPSA) is 69.4 Å². The summed E-state index contributed by atoms with van der Waals surface area (Å²) < 4.78 is 6.84. The number of carbonyl (C=O) groups excluding carboxylic acids is 1. The van der Waals surface area contributed by atoms with Crippen LogP contribution in [0.15, 0.2) is 54.7 Å². The van der Waals surface area contributed by atoms with Gasteiger partial charge in [0.05, 0.1) is 18.4 Å². The molecule has 0 amide bonds. The van der Waals surface area contributed by atoms with Gasteiger partial charge in [0.15, 0.2) is 11.6 Å². The highest BCUT2D eigenvalue weighted by Crippen LogP contribution is 2.33. The number of benzene rings is 2. The summed E-state index contributed by atoms with van der Waals surface area (Å²) in [4.78, 5) is 22.1. The van der Waals surface area contributed by atoms with Gasteiger partial charge in [0.2, 0.25) is 0 Å². The standard InChI is InChI=1S/C23H20N4O2/c1-14-3-5-16(6-4-14)22-25-23-24-20-11-17(15-7-9-18(29-2)10-8-15)12-21(28)19(20)13-27(23)26-22/h3-10,13,17H,11-12H2,1-2H3/t17-/m0/s1. The molecule has 2 heterocycles. The van der Waals surface area contributed by atoms with Gasteiger partial charge in [-0.1, -0.05) is 42.0 Å². The molecule has 2 aromatic heterocycles. The number of aryl methyl sites for hydroxylation is 1. The number of Topliss-reactive ketones (excluding diaryl/α,β-unsaturated/α-hetero) is 1. The summed E-state index contributed by atoms with van der Waals surface area (Å²) in [6.07, 6.45) is 2.94. The van der Waals surface area contributed by atoms with Crippen molar-refractivity contribution in [2.75, 3.05) is 7.11 Å². The van der Waals surface area contributed by atoms with Crippen LogP contribution in [0.25, 0.3) is 17.2 Å². The van der Waals surface area contributed by atoms with Crippen molar-refractivity contribution in [2.45, 2.75) is 25.7 Å². The maximum atomic E-state index is 12.8. The molecule has 29 heavy (non-hydrogen) atoms. The molecule has 0 spiro atoms. The molecule has 6 heteroatoms. The predicted molar refractivity (Wildman–Crippen MR) is 109 cm³/mol. The number of hydrogen-bond donors (Lipinski definition) is 0. The first-order chi connectivity index (χ1) is 14.1.